The number of anilines is 1. The summed E-state index contributed by atoms with van der Waals surface area (Å²) in [5.41, 5.74) is 2.42. The van der Waals surface area contributed by atoms with Crippen molar-refractivity contribution in [3.05, 3.63) is 75.4 Å². The monoisotopic (exact) mass is 757 g/mol. The van der Waals surface area contributed by atoms with Gasteiger partial charge in [0, 0.05) is 53.8 Å². The number of amidine groups is 1. The molecule has 4 rings (SSSR count). The summed E-state index contributed by atoms with van der Waals surface area (Å²) in [5, 5.41) is 6.15. The highest BCUT2D eigenvalue weighted by atomic mass is 127. The number of halogens is 3. The molecule has 0 atom stereocenters. The van der Waals surface area contributed by atoms with E-state index in [0.717, 1.165) is 42.1 Å². The number of nitrogens with one attached hydrogen (secondary N) is 2. The third kappa shape index (κ3) is 8.82. The predicted octanol–water partition coefficient (Wildman–Crippen LogP) is 6.34. The largest absolute Gasteiger partial charge is 0.457 e. The summed E-state index contributed by atoms with van der Waals surface area (Å²) >= 11 is 4.33. The summed E-state index contributed by atoms with van der Waals surface area (Å²) in [6.45, 7) is 8.42. The second kappa shape index (κ2) is 14.3. The average molecular weight is 757 g/mol. The molecule has 1 saturated heterocycles. The number of rotatable bonds is 9. The standard InChI is InChI=1S/C28H30FI2N5O3/c1-18(2)22-15-19(3-5-23(22)29)34-28(31)35-25-16-20(4-6-24(25)30)39-21-7-8-32-26(17-21)27(37)33-9-10-36-11-13-38-14-12-36/h3-8,15-18H,9-14H2,1-2H3,(H,33,37)(H,34,35). The molecular weight excluding hydrogens is 727 g/mol. The molecule has 1 aromatic heterocycles. The molecular formula is C28H30FI2N5O3. The molecule has 1 aliphatic heterocycles. The number of nitrogens with zero attached hydrogens (tertiary/aromatic N) is 3. The number of carbonyl (C=O) groups excluding carboxylic acids is 1. The van der Waals surface area contributed by atoms with E-state index in [0.29, 0.717) is 33.1 Å². The number of hydrogen-bond donors (Lipinski definition) is 2. The summed E-state index contributed by atoms with van der Waals surface area (Å²) in [7, 11) is 0. The van der Waals surface area contributed by atoms with E-state index in [2.05, 4.69) is 65.7 Å². The van der Waals surface area contributed by atoms with Crippen LogP contribution in [0.5, 0.6) is 11.5 Å². The zero-order chi connectivity index (χ0) is 27.8. The maximum atomic E-state index is 14.1. The number of pyridine rings is 1. The Morgan fingerprint density at radius 2 is 1.92 bits per heavy atom. The van der Waals surface area contributed by atoms with Gasteiger partial charge in [0.1, 0.15) is 23.0 Å². The van der Waals surface area contributed by atoms with Gasteiger partial charge in [0.05, 0.1) is 18.9 Å². The van der Waals surface area contributed by atoms with Gasteiger partial charge in [0.25, 0.3) is 5.91 Å². The summed E-state index contributed by atoms with van der Waals surface area (Å²) in [4.78, 5) is 23.8. The molecule has 2 heterocycles. The van der Waals surface area contributed by atoms with Crippen LogP contribution in [0.25, 0.3) is 0 Å². The third-order valence-electron chi connectivity index (χ3n) is 6.02. The minimum atomic E-state index is -0.247. The molecule has 0 aliphatic carbocycles. The van der Waals surface area contributed by atoms with Crippen LogP contribution >= 0.6 is 45.2 Å². The highest BCUT2D eigenvalue weighted by Crippen LogP contribution is 2.31. The van der Waals surface area contributed by atoms with Crippen LogP contribution in [0.4, 0.5) is 15.8 Å². The Morgan fingerprint density at radius 1 is 1.15 bits per heavy atom. The Bertz CT molecular complexity index is 1330. The van der Waals surface area contributed by atoms with Crippen LogP contribution in [0.3, 0.4) is 0 Å². The fourth-order valence-electron chi connectivity index (χ4n) is 3.94. The Hall–Kier alpha value is -2.36. The molecule has 39 heavy (non-hydrogen) atoms. The van der Waals surface area contributed by atoms with Crippen LogP contribution in [-0.4, -0.2) is 59.0 Å². The van der Waals surface area contributed by atoms with Gasteiger partial charge in [0.15, 0.2) is 3.84 Å². The van der Waals surface area contributed by atoms with Crippen LogP contribution in [-0.2, 0) is 4.74 Å². The molecule has 1 fully saturated rings. The second-order valence-corrected chi connectivity index (χ2v) is 11.4. The predicted molar refractivity (Wildman–Crippen MR) is 168 cm³/mol. The van der Waals surface area contributed by atoms with Gasteiger partial charge in [-0.3, -0.25) is 14.7 Å². The normalized spacial score (nSPS) is 14.4. The van der Waals surface area contributed by atoms with Crippen molar-refractivity contribution in [2.45, 2.75) is 19.8 Å². The van der Waals surface area contributed by atoms with E-state index in [1.165, 1.54) is 6.07 Å². The van der Waals surface area contributed by atoms with E-state index in [-0.39, 0.29) is 23.3 Å². The Morgan fingerprint density at radius 3 is 2.69 bits per heavy atom. The number of aliphatic imine (C=N–C) groups is 1. The average Bonchev–Trinajstić information content (AvgIpc) is 2.92. The van der Waals surface area contributed by atoms with Gasteiger partial charge < -0.3 is 20.1 Å². The molecule has 11 heteroatoms. The zero-order valence-electron chi connectivity index (χ0n) is 21.7. The molecule has 0 bridgehead atoms. The van der Waals surface area contributed by atoms with Crippen LogP contribution in [0.1, 0.15) is 35.8 Å². The first-order valence-corrected chi connectivity index (χ1v) is 14.8. The molecule has 1 amide bonds. The maximum absolute atomic E-state index is 14.1. The number of benzene rings is 2. The van der Waals surface area contributed by atoms with E-state index < -0.39 is 0 Å². The molecule has 0 saturated carbocycles. The van der Waals surface area contributed by atoms with Crippen molar-refractivity contribution in [1.29, 1.82) is 0 Å². The van der Waals surface area contributed by atoms with Gasteiger partial charge in [-0.05, 0) is 93.1 Å². The summed E-state index contributed by atoms with van der Waals surface area (Å²) in [5.74, 6) is 0.688. The molecule has 2 aromatic carbocycles. The Kier molecular flexibility index (Phi) is 10.9. The number of ether oxygens (including phenoxy) is 2. The summed E-state index contributed by atoms with van der Waals surface area (Å²) in [6.07, 6.45) is 1.55. The first-order valence-electron chi connectivity index (χ1n) is 12.6. The smallest absolute Gasteiger partial charge is 0.270 e. The van der Waals surface area contributed by atoms with E-state index >= 15 is 0 Å². The van der Waals surface area contributed by atoms with Crippen LogP contribution in [0.2, 0.25) is 0 Å². The van der Waals surface area contributed by atoms with Gasteiger partial charge in [-0.1, -0.05) is 13.8 Å². The van der Waals surface area contributed by atoms with Crippen LogP contribution in [0, 0.1) is 9.39 Å². The van der Waals surface area contributed by atoms with E-state index in [9.17, 15) is 9.18 Å². The van der Waals surface area contributed by atoms with Crippen molar-refractivity contribution in [3.8, 4) is 11.5 Å². The SMILES string of the molecule is CC(C)c1cc(NC(I)=Nc2cc(Oc3ccnc(C(=O)NCCN4CCOCC4)c3)ccc2I)ccc1F. The number of hydrogen-bond acceptors (Lipinski definition) is 6. The van der Waals surface area contributed by atoms with Crippen molar-refractivity contribution >= 4 is 66.3 Å². The lowest BCUT2D eigenvalue weighted by Gasteiger charge is -2.26. The minimum Gasteiger partial charge on any atom is -0.457 e. The molecule has 206 valence electrons. The van der Waals surface area contributed by atoms with E-state index in [4.69, 9.17) is 14.5 Å². The van der Waals surface area contributed by atoms with E-state index in [1.54, 1.807) is 30.5 Å². The fraction of sp³-hybridized carbons (Fsp3) is 0.321. The first kappa shape index (κ1) is 29.6. The minimum absolute atomic E-state index is 0.0750. The van der Waals surface area contributed by atoms with Crippen molar-refractivity contribution in [2.75, 3.05) is 44.7 Å². The summed E-state index contributed by atoms with van der Waals surface area (Å²) < 4.78 is 27.0. The molecule has 8 nitrogen and oxygen atoms in total. The van der Waals surface area contributed by atoms with Gasteiger partial charge in [-0.25, -0.2) is 9.38 Å². The van der Waals surface area contributed by atoms with E-state index in [1.807, 2.05) is 32.0 Å². The number of carbonyl (C=O) groups is 1. The molecule has 1 aliphatic rings. The number of amides is 1. The van der Waals surface area contributed by atoms with Crippen molar-refractivity contribution in [1.82, 2.24) is 15.2 Å². The zero-order valence-corrected chi connectivity index (χ0v) is 26.0. The third-order valence-corrected chi connectivity index (χ3v) is 7.44. The van der Waals surface area contributed by atoms with Gasteiger partial charge >= 0.3 is 0 Å². The fourth-order valence-corrected chi connectivity index (χ4v) is 4.96. The Balaban J connectivity index is 1.39. The molecule has 2 N–H and O–H groups in total. The van der Waals surface area contributed by atoms with Gasteiger partial charge in [-0.15, -0.1) is 0 Å². The first-order chi connectivity index (χ1) is 18.8. The maximum Gasteiger partial charge on any atom is 0.270 e. The summed E-state index contributed by atoms with van der Waals surface area (Å²) in [6, 6.07) is 13.9. The quantitative estimate of drug-likeness (QED) is 0.115. The van der Waals surface area contributed by atoms with Gasteiger partial charge in [0.2, 0.25) is 0 Å². The number of aromatic nitrogens is 1. The molecule has 0 unspecified atom stereocenters. The highest BCUT2D eigenvalue weighted by Gasteiger charge is 2.13. The van der Waals surface area contributed by atoms with Gasteiger partial charge in [-0.2, -0.15) is 0 Å². The Labute approximate surface area is 255 Å². The number of morpholine rings is 1. The molecule has 0 radical (unpaired) electrons. The van der Waals surface area contributed by atoms with Crippen LogP contribution < -0.4 is 15.4 Å². The molecule has 0 spiro atoms. The lowest BCUT2D eigenvalue weighted by Crippen LogP contribution is -2.41. The van der Waals surface area contributed by atoms with Crippen molar-refractivity contribution in [3.63, 3.8) is 0 Å². The van der Waals surface area contributed by atoms with Crippen LogP contribution in [0.15, 0.2) is 59.7 Å². The molecule has 3 aromatic rings. The van der Waals surface area contributed by atoms with Crippen molar-refractivity contribution in [2.24, 2.45) is 4.99 Å². The topological polar surface area (TPSA) is 88.1 Å². The highest BCUT2D eigenvalue weighted by molar-refractivity contribution is 14.1. The lowest BCUT2D eigenvalue weighted by atomic mass is 10.0. The van der Waals surface area contributed by atoms with Crippen molar-refractivity contribution < 1.29 is 18.7 Å². The lowest BCUT2D eigenvalue weighted by molar-refractivity contribution is 0.0383. The second-order valence-electron chi connectivity index (χ2n) is 9.22.